The second-order valence-electron chi connectivity index (χ2n) is 7.19. The summed E-state index contributed by atoms with van der Waals surface area (Å²) in [5.41, 5.74) is 7.12. The highest BCUT2D eigenvalue weighted by Gasteiger charge is 2.31. The molecule has 0 bridgehead atoms. The zero-order valence-electron chi connectivity index (χ0n) is 16.3. The highest BCUT2D eigenvalue weighted by molar-refractivity contribution is 7.99. The fourth-order valence-electron chi connectivity index (χ4n) is 2.94. The van der Waals surface area contributed by atoms with Gasteiger partial charge in [-0.3, -0.25) is 0 Å². The van der Waals surface area contributed by atoms with E-state index in [2.05, 4.69) is 60.9 Å². The Morgan fingerprint density at radius 1 is 1.14 bits per heavy atom. The van der Waals surface area contributed by atoms with Gasteiger partial charge in [-0.1, -0.05) is 42.1 Å². The van der Waals surface area contributed by atoms with Crippen LogP contribution in [0.15, 0.2) is 35.5 Å². The van der Waals surface area contributed by atoms with Gasteiger partial charge in [0.25, 0.3) is 0 Å². The van der Waals surface area contributed by atoms with Crippen LogP contribution in [0, 0.1) is 0 Å². The van der Waals surface area contributed by atoms with Crippen molar-refractivity contribution < 1.29 is 0 Å². The number of nitrogens with zero attached hydrogens (tertiary/aromatic N) is 7. The van der Waals surface area contributed by atoms with Crippen LogP contribution in [0.4, 0.5) is 11.9 Å². The molecule has 8 nitrogen and oxygen atoms in total. The first-order valence-corrected chi connectivity index (χ1v) is 10.2. The van der Waals surface area contributed by atoms with Crippen LogP contribution < -0.4 is 10.6 Å². The standard InChI is InChI=1S/C19H24N8S/c1-12(15-21-17(20)23-18(22-15)26(2)3)28-19-25-24-16(14-9-10-14)27(19)11-13-7-5-4-6-8-13/h4-8,12,14H,9-11H2,1-3H3,(H2,20,21,22,23). The molecule has 1 aliphatic carbocycles. The largest absolute Gasteiger partial charge is 0.368 e. The molecular weight excluding hydrogens is 372 g/mol. The van der Waals surface area contributed by atoms with Crippen LogP contribution in [0.2, 0.25) is 0 Å². The summed E-state index contributed by atoms with van der Waals surface area (Å²) in [6, 6.07) is 10.4. The van der Waals surface area contributed by atoms with Crippen molar-refractivity contribution in [1.82, 2.24) is 29.7 Å². The smallest absolute Gasteiger partial charge is 0.229 e. The molecule has 9 heteroatoms. The van der Waals surface area contributed by atoms with E-state index in [1.54, 1.807) is 11.8 Å². The number of nitrogens with two attached hydrogens (primary N) is 1. The van der Waals surface area contributed by atoms with Crippen molar-refractivity contribution >= 4 is 23.7 Å². The lowest BCUT2D eigenvalue weighted by Crippen LogP contribution is -2.16. The average Bonchev–Trinajstić information content (AvgIpc) is 3.45. The number of anilines is 2. The molecule has 1 aromatic carbocycles. The minimum Gasteiger partial charge on any atom is -0.368 e. The van der Waals surface area contributed by atoms with Gasteiger partial charge in [0.15, 0.2) is 5.16 Å². The summed E-state index contributed by atoms with van der Waals surface area (Å²) in [7, 11) is 3.77. The molecule has 2 N–H and O–H groups in total. The van der Waals surface area contributed by atoms with Gasteiger partial charge in [-0.25, -0.2) is 0 Å². The molecule has 146 valence electrons. The minimum atomic E-state index is -0.0326. The van der Waals surface area contributed by atoms with E-state index in [0.717, 1.165) is 17.5 Å². The zero-order chi connectivity index (χ0) is 19.7. The van der Waals surface area contributed by atoms with Crippen LogP contribution in [0.1, 0.15) is 48.1 Å². The minimum absolute atomic E-state index is 0.0326. The first-order valence-electron chi connectivity index (χ1n) is 9.33. The van der Waals surface area contributed by atoms with Gasteiger partial charge in [-0.05, 0) is 25.3 Å². The highest BCUT2D eigenvalue weighted by atomic mass is 32.2. The summed E-state index contributed by atoms with van der Waals surface area (Å²) in [6.45, 7) is 2.81. The third kappa shape index (κ3) is 4.09. The molecule has 4 rings (SSSR count). The Morgan fingerprint density at radius 2 is 1.89 bits per heavy atom. The van der Waals surface area contributed by atoms with Crippen molar-refractivity contribution in [1.29, 1.82) is 0 Å². The molecule has 1 aliphatic rings. The Bertz CT molecular complexity index is 952. The number of rotatable bonds is 7. The summed E-state index contributed by atoms with van der Waals surface area (Å²) in [6.07, 6.45) is 2.37. The SMILES string of the molecule is CC(Sc1nnc(C2CC2)n1Cc1ccccc1)c1nc(N)nc(N(C)C)n1. The maximum atomic E-state index is 5.88. The van der Waals surface area contributed by atoms with Crippen molar-refractivity contribution in [3.63, 3.8) is 0 Å². The van der Waals surface area contributed by atoms with Crippen molar-refractivity contribution in [3.8, 4) is 0 Å². The van der Waals surface area contributed by atoms with E-state index in [1.807, 2.05) is 25.1 Å². The second-order valence-corrected chi connectivity index (χ2v) is 8.50. The predicted octanol–water partition coefficient (Wildman–Crippen LogP) is 2.89. The number of thioether (sulfide) groups is 1. The molecule has 0 radical (unpaired) electrons. The van der Waals surface area contributed by atoms with Crippen molar-refractivity contribution in [3.05, 3.63) is 47.5 Å². The zero-order valence-corrected chi connectivity index (χ0v) is 17.1. The Hall–Kier alpha value is -2.68. The Kier molecular flexibility index (Phi) is 5.17. The molecule has 2 aromatic heterocycles. The molecule has 0 amide bonds. The summed E-state index contributed by atoms with van der Waals surface area (Å²) in [4.78, 5) is 14.9. The third-order valence-corrected chi connectivity index (χ3v) is 5.65. The maximum absolute atomic E-state index is 5.88. The van der Waals surface area contributed by atoms with Crippen molar-refractivity contribution in [2.24, 2.45) is 0 Å². The maximum Gasteiger partial charge on any atom is 0.229 e. The average molecular weight is 397 g/mol. The van der Waals surface area contributed by atoms with Crippen LogP contribution in [0.3, 0.4) is 0 Å². The number of benzene rings is 1. The second kappa shape index (κ2) is 7.75. The molecule has 2 heterocycles. The molecule has 1 saturated carbocycles. The van der Waals surface area contributed by atoms with Gasteiger partial charge >= 0.3 is 0 Å². The van der Waals surface area contributed by atoms with Gasteiger partial charge in [0, 0.05) is 20.0 Å². The fraction of sp³-hybridized carbons (Fsp3) is 0.421. The van der Waals surface area contributed by atoms with Crippen molar-refractivity contribution in [2.75, 3.05) is 24.7 Å². The molecule has 1 atom stereocenters. The molecule has 1 fully saturated rings. The van der Waals surface area contributed by atoms with E-state index in [4.69, 9.17) is 5.73 Å². The summed E-state index contributed by atoms with van der Waals surface area (Å²) < 4.78 is 2.23. The van der Waals surface area contributed by atoms with Gasteiger partial charge < -0.3 is 15.2 Å². The lowest BCUT2D eigenvalue weighted by molar-refractivity contribution is 0.666. The first kappa shape index (κ1) is 18.7. The number of hydrogen-bond donors (Lipinski definition) is 1. The summed E-state index contributed by atoms with van der Waals surface area (Å²) in [5, 5.41) is 9.82. The van der Waals surface area contributed by atoms with Gasteiger partial charge in [0.05, 0.1) is 11.8 Å². The Labute approximate surface area is 168 Å². The highest BCUT2D eigenvalue weighted by Crippen LogP contribution is 2.41. The number of aromatic nitrogens is 6. The van der Waals surface area contributed by atoms with Gasteiger partial charge in [0.1, 0.15) is 11.6 Å². The third-order valence-electron chi connectivity index (χ3n) is 4.58. The Morgan fingerprint density at radius 3 is 2.57 bits per heavy atom. The molecule has 28 heavy (non-hydrogen) atoms. The molecular formula is C19H24N8S. The summed E-state index contributed by atoms with van der Waals surface area (Å²) in [5.74, 6) is 3.02. The lowest BCUT2D eigenvalue weighted by Gasteiger charge is -2.15. The van der Waals surface area contributed by atoms with Gasteiger partial charge in [-0.15, -0.1) is 10.2 Å². The normalized spacial score (nSPS) is 14.8. The van der Waals surface area contributed by atoms with E-state index >= 15 is 0 Å². The topological polar surface area (TPSA) is 98.6 Å². The molecule has 0 saturated heterocycles. The molecule has 1 unspecified atom stereocenters. The number of nitrogen functional groups attached to an aromatic ring is 1. The van der Waals surface area contributed by atoms with Crippen molar-refractivity contribution in [2.45, 2.75) is 42.6 Å². The van der Waals surface area contributed by atoms with E-state index < -0.39 is 0 Å². The quantitative estimate of drug-likeness (QED) is 0.609. The number of hydrogen-bond acceptors (Lipinski definition) is 8. The first-order chi connectivity index (χ1) is 13.5. The van der Waals surface area contributed by atoms with Crippen LogP contribution in [-0.4, -0.2) is 43.8 Å². The van der Waals surface area contributed by atoms with E-state index in [-0.39, 0.29) is 11.2 Å². The fourth-order valence-corrected chi connectivity index (χ4v) is 3.84. The molecule has 0 spiro atoms. The Balaban J connectivity index is 1.61. The van der Waals surface area contributed by atoms with E-state index in [9.17, 15) is 0 Å². The van der Waals surface area contributed by atoms with Crippen LogP contribution in [-0.2, 0) is 6.54 Å². The van der Waals surface area contributed by atoms with E-state index in [0.29, 0.717) is 17.7 Å². The molecule has 0 aliphatic heterocycles. The monoisotopic (exact) mass is 396 g/mol. The van der Waals surface area contributed by atoms with Crippen LogP contribution >= 0.6 is 11.8 Å². The summed E-state index contributed by atoms with van der Waals surface area (Å²) >= 11 is 1.60. The predicted molar refractivity (Wildman–Crippen MR) is 110 cm³/mol. The van der Waals surface area contributed by atoms with Gasteiger partial charge in [-0.2, -0.15) is 15.0 Å². The molecule has 3 aromatic rings. The van der Waals surface area contributed by atoms with Gasteiger partial charge in [0.2, 0.25) is 11.9 Å². The van der Waals surface area contributed by atoms with Crippen LogP contribution in [0.25, 0.3) is 0 Å². The van der Waals surface area contributed by atoms with Crippen LogP contribution in [0.5, 0.6) is 0 Å². The van der Waals surface area contributed by atoms with E-state index in [1.165, 1.54) is 18.4 Å². The lowest BCUT2D eigenvalue weighted by atomic mass is 10.2.